The van der Waals surface area contributed by atoms with Gasteiger partial charge in [-0.15, -0.1) is 0 Å². The number of hydrogen-bond acceptors (Lipinski definition) is 3. The molecule has 0 aliphatic heterocycles. The molecule has 1 aromatic rings. The molecule has 82 valence electrons. The summed E-state index contributed by atoms with van der Waals surface area (Å²) in [5.74, 6) is -0.930. The smallest absolute Gasteiger partial charge is 0.320 e. The molecule has 5 heteroatoms. The van der Waals surface area contributed by atoms with Gasteiger partial charge in [0.05, 0.1) is 6.20 Å². The predicted octanol–water partition coefficient (Wildman–Crippen LogP) is -0.0487. The first-order chi connectivity index (χ1) is 7.20. The van der Waals surface area contributed by atoms with Crippen LogP contribution in [0.1, 0.15) is 19.3 Å². The summed E-state index contributed by atoms with van der Waals surface area (Å²) in [4.78, 5) is 10.4. The number of carboxylic acids is 1. The summed E-state index contributed by atoms with van der Waals surface area (Å²) in [6, 6.07) is 3.03. The monoisotopic (exact) mass is 210 g/mol. The second-order valence-electron chi connectivity index (χ2n) is 3.40. The van der Waals surface area contributed by atoms with Gasteiger partial charge in [0.2, 0.25) is 0 Å². The lowest BCUT2D eigenvalue weighted by Crippen LogP contribution is -2.37. The SMILES string of the molecule is N[C@@H](CCCC[n+]1ccccn1)C(=O)O. The zero-order valence-electron chi connectivity index (χ0n) is 8.54. The lowest BCUT2D eigenvalue weighted by atomic mass is 10.1. The Morgan fingerprint density at radius 1 is 1.47 bits per heavy atom. The Bertz CT molecular complexity index is 303. The topological polar surface area (TPSA) is 80.1 Å². The average molecular weight is 210 g/mol. The lowest BCUT2D eigenvalue weighted by molar-refractivity contribution is -0.754. The Morgan fingerprint density at radius 2 is 2.27 bits per heavy atom. The van der Waals surface area contributed by atoms with Crippen LogP contribution < -0.4 is 10.4 Å². The molecule has 0 fully saturated rings. The van der Waals surface area contributed by atoms with Crippen LogP contribution in [0.25, 0.3) is 0 Å². The highest BCUT2D eigenvalue weighted by Gasteiger charge is 2.10. The highest BCUT2D eigenvalue weighted by molar-refractivity contribution is 5.72. The van der Waals surface area contributed by atoms with Crippen LogP contribution in [0.3, 0.4) is 0 Å². The van der Waals surface area contributed by atoms with Gasteiger partial charge in [-0.1, -0.05) is 4.68 Å². The zero-order chi connectivity index (χ0) is 11.1. The Hall–Kier alpha value is -1.49. The maximum atomic E-state index is 10.4. The van der Waals surface area contributed by atoms with Crippen molar-refractivity contribution in [1.29, 1.82) is 0 Å². The van der Waals surface area contributed by atoms with Crippen LogP contribution in [0.5, 0.6) is 0 Å². The first-order valence-corrected chi connectivity index (χ1v) is 4.99. The van der Waals surface area contributed by atoms with Crippen LogP contribution in [-0.4, -0.2) is 22.2 Å². The van der Waals surface area contributed by atoms with Gasteiger partial charge in [-0.2, -0.15) is 0 Å². The number of unbranched alkanes of at least 4 members (excludes halogenated alkanes) is 1. The van der Waals surface area contributed by atoms with Crippen molar-refractivity contribution in [3.05, 3.63) is 24.5 Å². The maximum absolute atomic E-state index is 10.4. The van der Waals surface area contributed by atoms with E-state index in [0.29, 0.717) is 6.42 Å². The number of carboxylic acid groups (broad SMARTS) is 1. The molecule has 0 unspecified atom stereocenters. The number of aromatic nitrogens is 2. The molecule has 0 aliphatic rings. The molecule has 0 radical (unpaired) electrons. The number of nitrogens with two attached hydrogens (primary N) is 1. The molecule has 1 heterocycles. The number of aliphatic carboxylic acids is 1. The maximum Gasteiger partial charge on any atom is 0.320 e. The first-order valence-electron chi connectivity index (χ1n) is 4.99. The van der Waals surface area contributed by atoms with Gasteiger partial charge in [0, 0.05) is 12.5 Å². The normalized spacial score (nSPS) is 12.3. The van der Waals surface area contributed by atoms with E-state index in [9.17, 15) is 4.79 Å². The Labute approximate surface area is 88.5 Å². The van der Waals surface area contributed by atoms with Crippen molar-refractivity contribution >= 4 is 5.97 Å². The minimum Gasteiger partial charge on any atom is -0.480 e. The van der Waals surface area contributed by atoms with Gasteiger partial charge in [-0.05, 0) is 24.0 Å². The zero-order valence-corrected chi connectivity index (χ0v) is 8.54. The van der Waals surface area contributed by atoms with Gasteiger partial charge in [0.15, 0.2) is 12.7 Å². The molecular weight excluding hydrogens is 194 g/mol. The van der Waals surface area contributed by atoms with Gasteiger partial charge in [0.25, 0.3) is 0 Å². The summed E-state index contributed by atoms with van der Waals surface area (Å²) in [5, 5.41) is 12.7. The Morgan fingerprint density at radius 3 is 2.87 bits per heavy atom. The molecule has 5 nitrogen and oxygen atoms in total. The highest BCUT2D eigenvalue weighted by atomic mass is 16.4. The van der Waals surface area contributed by atoms with Gasteiger partial charge in [-0.25, -0.2) is 0 Å². The van der Waals surface area contributed by atoms with Crippen molar-refractivity contribution in [2.45, 2.75) is 31.8 Å². The molecule has 0 saturated carbocycles. The van der Waals surface area contributed by atoms with Crippen molar-refractivity contribution in [3.63, 3.8) is 0 Å². The molecule has 0 spiro atoms. The number of hydrogen-bond donors (Lipinski definition) is 2. The summed E-state index contributed by atoms with van der Waals surface area (Å²) in [6.07, 6.45) is 5.82. The standard InChI is InChI=1S/C10H15N3O2/c11-9(10(14)15)5-1-3-7-13-8-4-2-6-12-13/h2,4,6,8-9H,1,3,5,7,11H2/p+1/t9-/m0/s1. The number of nitrogens with zero attached hydrogens (tertiary/aromatic N) is 2. The third kappa shape index (κ3) is 4.51. The van der Waals surface area contributed by atoms with Gasteiger partial charge < -0.3 is 10.8 Å². The molecule has 0 aromatic carbocycles. The van der Waals surface area contributed by atoms with E-state index in [4.69, 9.17) is 10.8 Å². The van der Waals surface area contributed by atoms with Crippen molar-refractivity contribution in [3.8, 4) is 0 Å². The molecule has 1 aromatic heterocycles. The summed E-state index contributed by atoms with van der Waals surface area (Å²) in [7, 11) is 0. The van der Waals surface area contributed by atoms with Crippen molar-refractivity contribution < 1.29 is 14.6 Å². The summed E-state index contributed by atoms with van der Waals surface area (Å²) < 4.78 is 1.83. The summed E-state index contributed by atoms with van der Waals surface area (Å²) in [6.45, 7) is 0.799. The van der Waals surface area contributed by atoms with E-state index < -0.39 is 12.0 Å². The Kier molecular flexibility index (Phi) is 4.70. The predicted molar refractivity (Wildman–Crippen MR) is 53.9 cm³/mol. The van der Waals surface area contributed by atoms with Crippen LogP contribution in [-0.2, 0) is 11.3 Å². The number of carbonyl (C=O) groups is 1. The molecule has 0 saturated heterocycles. The van der Waals surface area contributed by atoms with Crippen LogP contribution in [0, 0.1) is 0 Å². The molecule has 15 heavy (non-hydrogen) atoms. The molecule has 0 amide bonds. The van der Waals surface area contributed by atoms with E-state index in [1.807, 2.05) is 23.0 Å². The van der Waals surface area contributed by atoms with Gasteiger partial charge in [-0.3, -0.25) is 4.79 Å². The van der Waals surface area contributed by atoms with E-state index in [0.717, 1.165) is 19.4 Å². The van der Waals surface area contributed by atoms with Crippen molar-refractivity contribution in [2.24, 2.45) is 5.73 Å². The third-order valence-corrected chi connectivity index (χ3v) is 2.14. The second-order valence-corrected chi connectivity index (χ2v) is 3.40. The number of aryl methyl sites for hydroxylation is 1. The van der Waals surface area contributed by atoms with E-state index in [2.05, 4.69) is 5.10 Å². The van der Waals surface area contributed by atoms with E-state index >= 15 is 0 Å². The molecule has 0 aliphatic carbocycles. The van der Waals surface area contributed by atoms with Gasteiger partial charge >= 0.3 is 5.97 Å². The largest absolute Gasteiger partial charge is 0.480 e. The molecule has 0 bridgehead atoms. The van der Waals surface area contributed by atoms with Crippen LogP contribution in [0.4, 0.5) is 0 Å². The second kappa shape index (κ2) is 6.08. The van der Waals surface area contributed by atoms with E-state index in [1.54, 1.807) is 6.20 Å². The Balaban J connectivity index is 2.15. The van der Waals surface area contributed by atoms with Crippen LogP contribution >= 0.6 is 0 Å². The first kappa shape index (κ1) is 11.6. The molecule has 1 rings (SSSR count). The highest BCUT2D eigenvalue weighted by Crippen LogP contribution is 1.98. The van der Waals surface area contributed by atoms with E-state index in [1.165, 1.54) is 0 Å². The molecule has 3 N–H and O–H groups in total. The quantitative estimate of drug-likeness (QED) is 0.509. The molecular formula is C10H16N3O2+. The van der Waals surface area contributed by atoms with Crippen LogP contribution in [0.15, 0.2) is 24.5 Å². The third-order valence-electron chi connectivity index (χ3n) is 2.14. The lowest BCUT2D eigenvalue weighted by Gasteiger charge is -2.03. The minimum atomic E-state index is -0.930. The summed E-state index contributed by atoms with van der Waals surface area (Å²) >= 11 is 0. The fourth-order valence-electron chi connectivity index (χ4n) is 1.26. The number of rotatable bonds is 6. The van der Waals surface area contributed by atoms with Gasteiger partial charge in [0.1, 0.15) is 6.04 Å². The minimum absolute atomic E-state index is 0.517. The fourth-order valence-corrected chi connectivity index (χ4v) is 1.26. The van der Waals surface area contributed by atoms with Crippen LogP contribution in [0.2, 0.25) is 0 Å². The van der Waals surface area contributed by atoms with E-state index in [-0.39, 0.29) is 0 Å². The van der Waals surface area contributed by atoms with Crippen molar-refractivity contribution in [2.75, 3.05) is 0 Å². The summed E-state index contributed by atoms with van der Waals surface area (Å²) in [5.41, 5.74) is 5.37. The molecule has 1 atom stereocenters. The van der Waals surface area contributed by atoms with Crippen molar-refractivity contribution in [1.82, 2.24) is 5.10 Å². The average Bonchev–Trinajstić information content (AvgIpc) is 2.25. The fraction of sp³-hybridized carbons (Fsp3) is 0.500.